The molecule has 0 spiro atoms. The highest BCUT2D eigenvalue weighted by atomic mass is 79.9. The molecule has 2 nitrogen and oxygen atoms in total. The van der Waals surface area contributed by atoms with Gasteiger partial charge in [-0.25, -0.2) is 4.39 Å². The van der Waals surface area contributed by atoms with Crippen LogP contribution in [0.3, 0.4) is 0 Å². The lowest BCUT2D eigenvalue weighted by molar-refractivity contribution is 0.0312. The van der Waals surface area contributed by atoms with Crippen LogP contribution in [-0.2, 0) is 5.60 Å². The van der Waals surface area contributed by atoms with E-state index in [2.05, 4.69) is 15.9 Å². The molecule has 0 saturated heterocycles. The lowest BCUT2D eigenvalue weighted by atomic mass is 9.89. The Morgan fingerprint density at radius 2 is 2.14 bits per heavy atom. The maximum atomic E-state index is 13.6. The summed E-state index contributed by atoms with van der Waals surface area (Å²) in [6.45, 7) is 3.14. The van der Waals surface area contributed by atoms with Crippen molar-refractivity contribution < 1.29 is 9.50 Å². The molecule has 0 amide bonds. The second-order valence-electron chi connectivity index (χ2n) is 3.54. The van der Waals surface area contributed by atoms with Crippen molar-refractivity contribution >= 4 is 15.9 Å². The Bertz CT molecular complexity index is 339. The number of aliphatic hydroxyl groups is 1. The lowest BCUT2D eigenvalue weighted by Crippen LogP contribution is -2.41. The number of hydrogen-bond acceptors (Lipinski definition) is 2. The largest absolute Gasteiger partial charge is 0.384 e. The fourth-order valence-electron chi connectivity index (χ4n) is 1.14. The third kappa shape index (κ3) is 1.97. The molecule has 1 aromatic carbocycles. The van der Waals surface area contributed by atoms with Gasteiger partial charge < -0.3 is 10.8 Å². The predicted molar refractivity (Wildman–Crippen MR) is 57.3 cm³/mol. The van der Waals surface area contributed by atoms with Gasteiger partial charge in [-0.15, -0.1) is 0 Å². The molecule has 0 radical (unpaired) electrons. The molecule has 1 rings (SSSR count). The highest BCUT2D eigenvalue weighted by Crippen LogP contribution is 2.29. The van der Waals surface area contributed by atoms with E-state index in [-0.39, 0.29) is 5.56 Å². The summed E-state index contributed by atoms with van der Waals surface area (Å²) in [5, 5.41) is 9.98. The van der Waals surface area contributed by atoms with Crippen molar-refractivity contribution in [2.45, 2.75) is 25.5 Å². The molecular weight excluding hydrogens is 249 g/mol. The average molecular weight is 262 g/mol. The van der Waals surface area contributed by atoms with E-state index in [0.717, 1.165) is 0 Å². The number of nitrogens with two attached hydrogens (primary N) is 1. The molecule has 2 atom stereocenters. The van der Waals surface area contributed by atoms with E-state index in [0.29, 0.717) is 4.47 Å². The second-order valence-corrected chi connectivity index (χ2v) is 4.39. The molecule has 0 aliphatic carbocycles. The van der Waals surface area contributed by atoms with E-state index in [1.165, 1.54) is 13.0 Å². The van der Waals surface area contributed by atoms with Crippen LogP contribution in [0.4, 0.5) is 4.39 Å². The Hall–Kier alpha value is -0.450. The van der Waals surface area contributed by atoms with Crippen LogP contribution in [0.25, 0.3) is 0 Å². The summed E-state index contributed by atoms with van der Waals surface area (Å²) in [6, 6.07) is 4.24. The standard InChI is InChI=1S/C10H13BrFNO/c1-6(13)10(2,14)7-4-3-5-8(11)9(7)12/h3-6,14H,13H2,1-2H3. The summed E-state index contributed by atoms with van der Waals surface area (Å²) in [5.41, 5.74) is 4.45. The van der Waals surface area contributed by atoms with E-state index in [4.69, 9.17) is 5.73 Å². The van der Waals surface area contributed by atoms with Crippen molar-refractivity contribution in [2.24, 2.45) is 5.73 Å². The maximum absolute atomic E-state index is 13.6. The van der Waals surface area contributed by atoms with Gasteiger partial charge in [-0.1, -0.05) is 12.1 Å². The topological polar surface area (TPSA) is 46.2 Å². The minimum Gasteiger partial charge on any atom is -0.384 e. The third-order valence-corrected chi connectivity index (χ3v) is 3.00. The Morgan fingerprint density at radius 3 is 2.64 bits per heavy atom. The first-order valence-electron chi connectivity index (χ1n) is 4.29. The zero-order valence-corrected chi connectivity index (χ0v) is 9.68. The number of halogens is 2. The molecule has 0 aliphatic heterocycles. The number of benzene rings is 1. The van der Waals surface area contributed by atoms with Crippen LogP contribution >= 0.6 is 15.9 Å². The van der Waals surface area contributed by atoms with E-state index in [1.807, 2.05) is 0 Å². The summed E-state index contributed by atoms with van der Waals surface area (Å²) in [4.78, 5) is 0. The highest BCUT2D eigenvalue weighted by molar-refractivity contribution is 9.10. The maximum Gasteiger partial charge on any atom is 0.143 e. The second kappa shape index (κ2) is 3.96. The van der Waals surface area contributed by atoms with Crippen LogP contribution in [0.2, 0.25) is 0 Å². The molecule has 0 fully saturated rings. The van der Waals surface area contributed by atoms with Crippen molar-refractivity contribution in [3.63, 3.8) is 0 Å². The SMILES string of the molecule is CC(N)C(C)(O)c1cccc(Br)c1F. The lowest BCUT2D eigenvalue weighted by Gasteiger charge is -2.28. The van der Waals surface area contributed by atoms with Gasteiger partial charge in [-0.2, -0.15) is 0 Å². The van der Waals surface area contributed by atoms with Crippen molar-refractivity contribution in [1.82, 2.24) is 0 Å². The Morgan fingerprint density at radius 1 is 1.57 bits per heavy atom. The molecule has 0 heterocycles. The molecule has 0 aliphatic rings. The zero-order chi connectivity index (χ0) is 10.9. The molecule has 2 unspecified atom stereocenters. The van der Waals surface area contributed by atoms with Gasteiger partial charge in [0.15, 0.2) is 0 Å². The molecule has 14 heavy (non-hydrogen) atoms. The zero-order valence-electron chi connectivity index (χ0n) is 8.09. The van der Waals surface area contributed by atoms with Crippen molar-refractivity contribution in [1.29, 1.82) is 0 Å². The molecule has 0 bridgehead atoms. The number of rotatable bonds is 2. The summed E-state index contributed by atoms with van der Waals surface area (Å²) in [6.07, 6.45) is 0. The highest BCUT2D eigenvalue weighted by Gasteiger charge is 2.31. The minimum atomic E-state index is -1.35. The summed E-state index contributed by atoms with van der Waals surface area (Å²) < 4.78 is 13.9. The Labute approximate surface area is 91.1 Å². The fourth-order valence-corrected chi connectivity index (χ4v) is 1.51. The minimum absolute atomic E-state index is 0.210. The summed E-state index contributed by atoms with van der Waals surface area (Å²) in [5.74, 6) is -0.463. The van der Waals surface area contributed by atoms with Gasteiger partial charge in [0.25, 0.3) is 0 Å². The van der Waals surface area contributed by atoms with Crippen LogP contribution in [-0.4, -0.2) is 11.1 Å². The van der Waals surface area contributed by atoms with Crippen LogP contribution in [0, 0.1) is 5.82 Å². The molecule has 4 heteroatoms. The van der Waals surface area contributed by atoms with Crippen LogP contribution < -0.4 is 5.73 Å². The van der Waals surface area contributed by atoms with Gasteiger partial charge in [0.05, 0.1) is 4.47 Å². The monoisotopic (exact) mass is 261 g/mol. The van der Waals surface area contributed by atoms with Crippen molar-refractivity contribution in [3.8, 4) is 0 Å². The fraction of sp³-hybridized carbons (Fsp3) is 0.400. The molecule has 0 saturated carbocycles. The van der Waals surface area contributed by atoms with Crippen LogP contribution in [0.15, 0.2) is 22.7 Å². The van der Waals surface area contributed by atoms with Crippen molar-refractivity contribution in [2.75, 3.05) is 0 Å². The normalized spacial score (nSPS) is 17.6. The van der Waals surface area contributed by atoms with E-state index < -0.39 is 17.5 Å². The first-order chi connectivity index (χ1) is 6.37. The summed E-state index contributed by atoms with van der Waals surface area (Å²) >= 11 is 3.06. The molecule has 1 aromatic rings. The summed E-state index contributed by atoms with van der Waals surface area (Å²) in [7, 11) is 0. The third-order valence-electron chi connectivity index (χ3n) is 2.38. The van der Waals surface area contributed by atoms with Gasteiger partial charge in [-0.3, -0.25) is 0 Å². The quantitative estimate of drug-likeness (QED) is 0.857. The molecule has 3 N–H and O–H groups in total. The van der Waals surface area contributed by atoms with E-state index in [1.54, 1.807) is 19.1 Å². The number of hydrogen-bond donors (Lipinski definition) is 2. The van der Waals surface area contributed by atoms with Crippen molar-refractivity contribution in [3.05, 3.63) is 34.1 Å². The predicted octanol–water partition coefficient (Wildman–Crippen LogP) is 2.14. The van der Waals surface area contributed by atoms with Gasteiger partial charge in [0.2, 0.25) is 0 Å². The smallest absolute Gasteiger partial charge is 0.143 e. The van der Waals surface area contributed by atoms with E-state index in [9.17, 15) is 9.50 Å². The van der Waals surface area contributed by atoms with E-state index >= 15 is 0 Å². The van der Waals surface area contributed by atoms with Gasteiger partial charge in [0.1, 0.15) is 11.4 Å². The molecule has 0 aromatic heterocycles. The van der Waals surface area contributed by atoms with Gasteiger partial charge in [-0.05, 0) is 35.8 Å². The first-order valence-corrected chi connectivity index (χ1v) is 5.09. The Kier molecular flexibility index (Phi) is 3.29. The first kappa shape index (κ1) is 11.6. The van der Waals surface area contributed by atoms with Crippen LogP contribution in [0.5, 0.6) is 0 Å². The van der Waals surface area contributed by atoms with Gasteiger partial charge in [0, 0.05) is 11.6 Å². The molecular formula is C10H13BrFNO. The van der Waals surface area contributed by atoms with Gasteiger partial charge >= 0.3 is 0 Å². The Balaban J connectivity index is 3.26. The molecule has 78 valence electrons. The average Bonchev–Trinajstić information content (AvgIpc) is 2.09. The van der Waals surface area contributed by atoms with Crippen LogP contribution in [0.1, 0.15) is 19.4 Å².